The fourth-order valence-electron chi connectivity index (χ4n) is 0.977. The number of ketones is 1. The molecular weight excluding hydrogens is 247 g/mol. The highest BCUT2D eigenvalue weighted by molar-refractivity contribution is 7.55. The molecule has 7 heteroatoms. The molecule has 6 nitrogen and oxygen atoms in total. The smallest absolute Gasteiger partial charge is 0.375 e. The van der Waals surface area contributed by atoms with E-state index in [-0.39, 0.29) is 19.8 Å². The summed E-state index contributed by atoms with van der Waals surface area (Å²) in [5.41, 5.74) is 0. The van der Waals surface area contributed by atoms with Crippen LogP contribution >= 0.6 is 7.60 Å². The Morgan fingerprint density at radius 2 is 1.76 bits per heavy atom. The molecule has 0 amide bonds. The number of Topliss-reactive ketones (excluding diaryl/α,β-unsaturated/α-hetero) is 1. The van der Waals surface area contributed by atoms with E-state index in [1.807, 2.05) is 0 Å². The summed E-state index contributed by atoms with van der Waals surface area (Å²) in [6, 6.07) is 0. The second kappa shape index (κ2) is 8.17. The molecule has 0 N–H and O–H groups in total. The van der Waals surface area contributed by atoms with E-state index in [1.165, 1.54) is 6.08 Å². The van der Waals surface area contributed by atoms with Gasteiger partial charge < -0.3 is 13.8 Å². The van der Waals surface area contributed by atoms with Gasteiger partial charge in [0.05, 0.1) is 13.2 Å². The van der Waals surface area contributed by atoms with Crippen molar-refractivity contribution in [3.8, 4) is 0 Å². The fourth-order valence-corrected chi connectivity index (χ4v) is 2.50. The maximum absolute atomic E-state index is 11.9. The van der Waals surface area contributed by atoms with Crippen LogP contribution < -0.4 is 0 Å². The van der Waals surface area contributed by atoms with Crippen molar-refractivity contribution in [2.45, 2.75) is 13.8 Å². The molecule has 0 saturated carbocycles. The SMILES string of the molecule is C=CCOC(=O)C(=O)CP(=O)(OCC)OCC. The zero-order valence-corrected chi connectivity index (χ0v) is 10.9. The first kappa shape index (κ1) is 16.0. The molecular formula is C10H17O6P. The van der Waals surface area contributed by atoms with Crippen LogP contribution in [-0.4, -0.2) is 37.7 Å². The number of carbonyl (C=O) groups excluding carboxylic acids is 2. The van der Waals surface area contributed by atoms with Gasteiger partial charge in [-0.3, -0.25) is 9.36 Å². The lowest BCUT2D eigenvalue weighted by atomic mass is 10.5. The third-order valence-corrected chi connectivity index (χ3v) is 3.53. The van der Waals surface area contributed by atoms with Crippen LogP contribution in [0.1, 0.15) is 13.8 Å². The average Bonchev–Trinajstić information content (AvgIpc) is 2.26. The largest absolute Gasteiger partial charge is 0.456 e. The third-order valence-electron chi connectivity index (χ3n) is 1.55. The predicted octanol–water partition coefficient (Wildman–Crippen LogP) is 1.55. The molecule has 0 aliphatic rings. The molecule has 0 saturated heterocycles. The summed E-state index contributed by atoms with van der Waals surface area (Å²) in [6.07, 6.45) is 0.723. The number of hydrogen-bond donors (Lipinski definition) is 0. The van der Waals surface area contributed by atoms with Crippen molar-refractivity contribution in [3.63, 3.8) is 0 Å². The summed E-state index contributed by atoms with van der Waals surface area (Å²) in [7, 11) is -3.54. The lowest BCUT2D eigenvalue weighted by Gasteiger charge is -2.15. The van der Waals surface area contributed by atoms with E-state index in [2.05, 4.69) is 11.3 Å². The van der Waals surface area contributed by atoms with Gasteiger partial charge in [-0.2, -0.15) is 0 Å². The van der Waals surface area contributed by atoms with Gasteiger partial charge in [-0.05, 0) is 13.8 Å². The number of esters is 1. The normalized spacial score (nSPS) is 10.9. The van der Waals surface area contributed by atoms with Crippen LogP contribution in [-0.2, 0) is 27.9 Å². The second-order valence-electron chi connectivity index (χ2n) is 2.91. The molecule has 0 fully saturated rings. The Hall–Kier alpha value is -0.970. The van der Waals surface area contributed by atoms with Crippen LogP contribution in [0, 0.1) is 0 Å². The molecule has 0 spiro atoms. The van der Waals surface area contributed by atoms with Crippen molar-refractivity contribution in [1.29, 1.82) is 0 Å². The molecule has 0 aliphatic carbocycles. The monoisotopic (exact) mass is 264 g/mol. The van der Waals surface area contributed by atoms with Crippen molar-refractivity contribution in [1.82, 2.24) is 0 Å². The van der Waals surface area contributed by atoms with Gasteiger partial charge in [0.15, 0.2) is 0 Å². The summed E-state index contributed by atoms with van der Waals surface area (Å²) < 4.78 is 26.2. The molecule has 0 aromatic carbocycles. The summed E-state index contributed by atoms with van der Waals surface area (Å²) in [4.78, 5) is 22.5. The maximum Gasteiger partial charge on any atom is 0.375 e. The molecule has 0 aromatic rings. The van der Waals surface area contributed by atoms with E-state index in [0.717, 1.165) is 0 Å². The first-order valence-corrected chi connectivity index (χ1v) is 6.90. The van der Waals surface area contributed by atoms with Crippen molar-refractivity contribution in [2.24, 2.45) is 0 Å². The van der Waals surface area contributed by atoms with Crippen molar-refractivity contribution in [3.05, 3.63) is 12.7 Å². The van der Waals surface area contributed by atoms with Gasteiger partial charge in [0, 0.05) is 0 Å². The molecule has 17 heavy (non-hydrogen) atoms. The highest BCUT2D eigenvalue weighted by Gasteiger charge is 2.31. The summed E-state index contributed by atoms with van der Waals surface area (Å²) in [5, 5.41) is 0. The molecule has 0 rings (SSSR count). The first-order chi connectivity index (χ1) is 7.99. The standard InChI is InChI=1S/C10H17O6P/c1-4-7-14-10(12)9(11)8-17(13,15-5-2)16-6-3/h4H,1,5-8H2,2-3H3. The molecule has 0 atom stereocenters. The van der Waals surface area contributed by atoms with Gasteiger partial charge in [-0.1, -0.05) is 12.7 Å². The van der Waals surface area contributed by atoms with E-state index in [4.69, 9.17) is 9.05 Å². The molecule has 0 aromatic heterocycles. The Bertz CT molecular complexity index is 315. The molecule has 0 radical (unpaired) electrons. The van der Waals surface area contributed by atoms with Gasteiger partial charge in [-0.15, -0.1) is 0 Å². The van der Waals surface area contributed by atoms with Crippen molar-refractivity contribution >= 4 is 19.3 Å². The van der Waals surface area contributed by atoms with Crippen LogP contribution in [0.4, 0.5) is 0 Å². The third kappa shape index (κ3) is 6.36. The van der Waals surface area contributed by atoms with E-state index < -0.39 is 25.5 Å². The van der Waals surface area contributed by atoms with Gasteiger partial charge in [0.2, 0.25) is 0 Å². The van der Waals surface area contributed by atoms with E-state index in [1.54, 1.807) is 13.8 Å². The Kier molecular flexibility index (Phi) is 7.70. The Morgan fingerprint density at radius 1 is 1.24 bits per heavy atom. The van der Waals surface area contributed by atoms with Gasteiger partial charge in [0.1, 0.15) is 12.8 Å². The zero-order valence-electron chi connectivity index (χ0n) is 10.0. The highest BCUT2D eigenvalue weighted by atomic mass is 31.2. The van der Waals surface area contributed by atoms with Gasteiger partial charge in [0.25, 0.3) is 5.78 Å². The van der Waals surface area contributed by atoms with Gasteiger partial charge >= 0.3 is 13.6 Å². The fraction of sp³-hybridized carbons (Fsp3) is 0.600. The van der Waals surface area contributed by atoms with Crippen molar-refractivity contribution < 1.29 is 27.9 Å². The minimum absolute atomic E-state index is 0.0713. The average molecular weight is 264 g/mol. The molecule has 0 heterocycles. The quantitative estimate of drug-likeness (QED) is 0.272. The lowest BCUT2D eigenvalue weighted by Crippen LogP contribution is -2.22. The van der Waals surface area contributed by atoms with Crippen LogP contribution in [0.25, 0.3) is 0 Å². The number of hydrogen-bond acceptors (Lipinski definition) is 6. The summed E-state index contributed by atoms with van der Waals surface area (Å²) in [6.45, 7) is 6.76. The Balaban J connectivity index is 4.44. The highest BCUT2D eigenvalue weighted by Crippen LogP contribution is 2.47. The predicted molar refractivity (Wildman–Crippen MR) is 61.9 cm³/mol. The maximum atomic E-state index is 11.9. The number of ether oxygens (including phenoxy) is 1. The van der Waals surface area contributed by atoms with E-state index >= 15 is 0 Å². The van der Waals surface area contributed by atoms with E-state index in [0.29, 0.717) is 0 Å². The van der Waals surface area contributed by atoms with Crippen molar-refractivity contribution in [2.75, 3.05) is 26.0 Å². The lowest BCUT2D eigenvalue weighted by molar-refractivity contribution is -0.151. The molecule has 98 valence electrons. The number of rotatable bonds is 9. The number of carbonyl (C=O) groups is 2. The van der Waals surface area contributed by atoms with Crippen LogP contribution in [0.5, 0.6) is 0 Å². The molecule has 0 unspecified atom stereocenters. The zero-order chi connectivity index (χ0) is 13.3. The van der Waals surface area contributed by atoms with Crippen LogP contribution in [0.2, 0.25) is 0 Å². The molecule has 0 bridgehead atoms. The summed E-state index contributed by atoms with van der Waals surface area (Å²) in [5.74, 6) is -2.00. The minimum Gasteiger partial charge on any atom is -0.456 e. The summed E-state index contributed by atoms with van der Waals surface area (Å²) >= 11 is 0. The Morgan fingerprint density at radius 3 is 2.18 bits per heavy atom. The minimum atomic E-state index is -3.54. The van der Waals surface area contributed by atoms with Crippen LogP contribution in [0.3, 0.4) is 0 Å². The topological polar surface area (TPSA) is 78.9 Å². The second-order valence-corrected chi connectivity index (χ2v) is 4.97. The van der Waals surface area contributed by atoms with E-state index in [9.17, 15) is 14.2 Å². The van der Waals surface area contributed by atoms with Crippen LogP contribution in [0.15, 0.2) is 12.7 Å². The first-order valence-electron chi connectivity index (χ1n) is 5.18. The Labute approximate surface area is 100 Å². The molecule has 0 aliphatic heterocycles. The van der Waals surface area contributed by atoms with Gasteiger partial charge in [-0.25, -0.2) is 4.79 Å².